The first-order valence-corrected chi connectivity index (χ1v) is 12.2. The minimum absolute atomic E-state index is 0.000586. The number of nitrogens with one attached hydrogen (secondary N) is 1. The van der Waals surface area contributed by atoms with E-state index in [9.17, 15) is 4.79 Å². The number of carbonyl (C=O) groups excluding carboxylic acids is 1. The maximum Gasteiger partial charge on any atom is 0.283 e. The summed E-state index contributed by atoms with van der Waals surface area (Å²) >= 11 is 1.26. The predicted octanol–water partition coefficient (Wildman–Crippen LogP) is 4.78. The number of amidine groups is 2. The second kappa shape index (κ2) is 9.27. The van der Waals surface area contributed by atoms with Gasteiger partial charge in [0.2, 0.25) is 5.17 Å². The molecular formula is C27H20N6O2S. The van der Waals surface area contributed by atoms with Crippen LogP contribution in [0.1, 0.15) is 11.1 Å². The van der Waals surface area contributed by atoms with Gasteiger partial charge in [-0.1, -0.05) is 36.4 Å². The molecule has 8 nitrogen and oxygen atoms in total. The molecule has 2 aromatic heterocycles. The minimum Gasteiger partial charge on any atom is -0.492 e. The van der Waals surface area contributed by atoms with Gasteiger partial charge in [-0.05, 0) is 48.2 Å². The summed E-state index contributed by atoms with van der Waals surface area (Å²) in [6.45, 7) is 1.13. The minimum atomic E-state index is -0.453. The monoisotopic (exact) mass is 492 g/mol. The molecule has 2 aliphatic rings. The largest absolute Gasteiger partial charge is 0.492 e. The molecule has 0 radical (unpaired) electrons. The van der Waals surface area contributed by atoms with Gasteiger partial charge in [-0.3, -0.25) is 15.2 Å². The average Bonchev–Trinajstić information content (AvgIpc) is 3.50. The molecule has 1 amide bonds. The number of benzene rings is 2. The number of hydrogen-bond acceptors (Lipinski definition) is 6. The molecule has 176 valence electrons. The summed E-state index contributed by atoms with van der Waals surface area (Å²) in [5.41, 5.74) is 2.86. The van der Waals surface area contributed by atoms with Gasteiger partial charge in [-0.2, -0.15) is 15.1 Å². The van der Waals surface area contributed by atoms with E-state index in [2.05, 4.69) is 19.6 Å². The number of ether oxygens (including phenoxy) is 1. The number of thioether (sulfide) groups is 1. The summed E-state index contributed by atoms with van der Waals surface area (Å²) in [5, 5.41) is 16.7. The lowest BCUT2D eigenvalue weighted by Gasteiger charge is -2.20. The van der Waals surface area contributed by atoms with Crippen LogP contribution in [0, 0.1) is 5.41 Å². The zero-order chi connectivity index (χ0) is 24.5. The summed E-state index contributed by atoms with van der Waals surface area (Å²) < 4.78 is 7.97. The standard InChI is InChI=1S/C27H20N6O2S/c28-24-22(25(34)30-27-33(24)31-26(36-27)18-7-6-12-29-16-18)15-19-17-32(23-11-5-4-10-21(19)23)13-14-35-20-8-2-1-3-9-20/h1-12,15-17,28H,13-14H2/b22-15-,28-24?. The van der Waals surface area contributed by atoms with Gasteiger partial charge < -0.3 is 9.30 Å². The summed E-state index contributed by atoms with van der Waals surface area (Å²) in [7, 11) is 0. The Bertz CT molecular complexity index is 1570. The van der Waals surface area contributed by atoms with Crippen molar-refractivity contribution in [2.24, 2.45) is 10.1 Å². The van der Waals surface area contributed by atoms with Crippen LogP contribution in [0.3, 0.4) is 0 Å². The molecule has 9 heteroatoms. The smallest absolute Gasteiger partial charge is 0.283 e. The first kappa shape index (κ1) is 22.0. The van der Waals surface area contributed by atoms with Crippen molar-refractivity contribution in [3.63, 3.8) is 0 Å². The van der Waals surface area contributed by atoms with Gasteiger partial charge >= 0.3 is 0 Å². The number of fused-ring (bicyclic) bond motifs is 2. The summed E-state index contributed by atoms with van der Waals surface area (Å²) in [5.74, 6) is 0.368. The highest BCUT2D eigenvalue weighted by atomic mass is 32.2. The third kappa shape index (κ3) is 4.09. The van der Waals surface area contributed by atoms with Crippen molar-refractivity contribution in [2.75, 3.05) is 6.61 Å². The highest BCUT2D eigenvalue weighted by molar-refractivity contribution is 8.27. The summed E-state index contributed by atoms with van der Waals surface area (Å²) in [6.07, 6.45) is 7.09. The van der Waals surface area contributed by atoms with Crippen LogP contribution in [-0.2, 0) is 11.3 Å². The normalized spacial score (nSPS) is 16.3. The second-order valence-electron chi connectivity index (χ2n) is 8.12. The van der Waals surface area contributed by atoms with Crippen LogP contribution in [-0.4, -0.2) is 43.1 Å². The van der Waals surface area contributed by atoms with Crippen molar-refractivity contribution in [1.82, 2.24) is 14.6 Å². The van der Waals surface area contributed by atoms with Crippen molar-refractivity contribution in [2.45, 2.75) is 6.54 Å². The number of nitrogens with zero attached hydrogens (tertiary/aromatic N) is 5. The molecule has 4 heterocycles. The van der Waals surface area contributed by atoms with Crippen LogP contribution in [0.25, 0.3) is 17.0 Å². The zero-order valence-corrected chi connectivity index (χ0v) is 19.9. The van der Waals surface area contributed by atoms with E-state index in [0.717, 1.165) is 27.8 Å². The van der Waals surface area contributed by atoms with Gasteiger partial charge in [-0.25, -0.2) is 0 Å². The highest BCUT2D eigenvalue weighted by Gasteiger charge is 2.36. The van der Waals surface area contributed by atoms with Crippen molar-refractivity contribution in [1.29, 1.82) is 5.41 Å². The average molecular weight is 493 g/mol. The third-order valence-electron chi connectivity index (χ3n) is 5.83. The molecule has 2 aromatic carbocycles. The van der Waals surface area contributed by atoms with Crippen molar-refractivity contribution >= 4 is 50.7 Å². The SMILES string of the molecule is N=C1/C(=C/c2cn(CCOc3ccccc3)c3ccccc23)C(=O)N=C2SC(c3cccnc3)=NN12. The van der Waals surface area contributed by atoms with Crippen LogP contribution in [0.15, 0.2) is 101 Å². The molecule has 0 saturated heterocycles. The molecule has 2 aliphatic heterocycles. The summed E-state index contributed by atoms with van der Waals surface area (Å²) in [4.78, 5) is 21.3. The lowest BCUT2D eigenvalue weighted by Crippen LogP contribution is -2.35. The molecule has 0 unspecified atom stereocenters. The third-order valence-corrected chi connectivity index (χ3v) is 6.78. The Morgan fingerprint density at radius 2 is 1.86 bits per heavy atom. The van der Waals surface area contributed by atoms with E-state index in [1.165, 1.54) is 16.8 Å². The Kier molecular flexibility index (Phi) is 5.67. The van der Waals surface area contributed by atoms with Crippen LogP contribution in [0.2, 0.25) is 0 Å². The van der Waals surface area contributed by atoms with Gasteiger partial charge in [0, 0.05) is 40.6 Å². The quantitative estimate of drug-likeness (QED) is 0.391. The molecule has 0 aliphatic carbocycles. The van der Waals surface area contributed by atoms with Crippen molar-refractivity contribution in [3.8, 4) is 5.75 Å². The molecular weight excluding hydrogens is 472 g/mol. The molecule has 4 aromatic rings. The molecule has 0 spiro atoms. The maximum atomic E-state index is 12.9. The van der Waals surface area contributed by atoms with Crippen molar-refractivity contribution in [3.05, 3.63) is 102 Å². The number of hydrogen-bond donors (Lipinski definition) is 1. The van der Waals surface area contributed by atoms with E-state index in [-0.39, 0.29) is 11.4 Å². The van der Waals surface area contributed by atoms with Gasteiger partial charge in [-0.15, -0.1) is 0 Å². The second-order valence-corrected chi connectivity index (χ2v) is 9.08. The summed E-state index contributed by atoms with van der Waals surface area (Å²) in [6, 6.07) is 21.4. The van der Waals surface area contributed by atoms with Gasteiger partial charge in [0.05, 0.1) is 12.1 Å². The Balaban J connectivity index is 1.29. The van der Waals surface area contributed by atoms with Crippen LogP contribution < -0.4 is 4.74 Å². The fourth-order valence-electron chi connectivity index (χ4n) is 4.11. The molecule has 0 fully saturated rings. The number of carbonyl (C=O) groups is 1. The molecule has 6 rings (SSSR count). The fourth-order valence-corrected chi connectivity index (χ4v) is 4.99. The number of aliphatic imine (C=N–C) groups is 1. The Morgan fingerprint density at radius 1 is 1.03 bits per heavy atom. The molecule has 0 atom stereocenters. The number of pyridine rings is 1. The zero-order valence-electron chi connectivity index (χ0n) is 19.0. The Hall–Kier alpha value is -4.50. The number of amides is 1. The molecule has 1 N–H and O–H groups in total. The van der Waals surface area contributed by atoms with Crippen molar-refractivity contribution < 1.29 is 9.53 Å². The van der Waals surface area contributed by atoms with Gasteiger partial charge in [0.1, 0.15) is 17.4 Å². The van der Waals surface area contributed by atoms with Crippen LogP contribution >= 0.6 is 11.8 Å². The van der Waals surface area contributed by atoms with Gasteiger partial charge in [0.15, 0.2) is 5.84 Å². The first-order valence-electron chi connectivity index (χ1n) is 11.3. The van der Waals surface area contributed by atoms with E-state index < -0.39 is 5.91 Å². The van der Waals surface area contributed by atoms with E-state index in [4.69, 9.17) is 10.1 Å². The molecule has 0 bridgehead atoms. The van der Waals surface area contributed by atoms with E-state index in [0.29, 0.717) is 23.4 Å². The maximum absolute atomic E-state index is 12.9. The Morgan fingerprint density at radius 3 is 2.69 bits per heavy atom. The lowest BCUT2D eigenvalue weighted by molar-refractivity contribution is -0.114. The van der Waals surface area contributed by atoms with E-state index in [1.54, 1.807) is 18.5 Å². The molecule has 36 heavy (non-hydrogen) atoms. The van der Waals surface area contributed by atoms with Crippen LogP contribution in [0.4, 0.5) is 0 Å². The van der Waals surface area contributed by atoms with E-state index in [1.807, 2.05) is 72.9 Å². The number of hydrazone groups is 1. The number of para-hydroxylation sites is 2. The van der Waals surface area contributed by atoms with Gasteiger partial charge in [0.25, 0.3) is 5.91 Å². The Labute approximate surface area is 211 Å². The number of aromatic nitrogens is 2. The topological polar surface area (TPSA) is 95.9 Å². The fraction of sp³-hybridized carbons (Fsp3) is 0.0741. The highest BCUT2D eigenvalue weighted by Crippen LogP contribution is 2.32. The van der Waals surface area contributed by atoms with Crippen LogP contribution in [0.5, 0.6) is 5.75 Å². The predicted molar refractivity (Wildman–Crippen MR) is 142 cm³/mol. The lowest BCUT2D eigenvalue weighted by atomic mass is 10.1. The first-order chi connectivity index (χ1) is 17.7. The van der Waals surface area contributed by atoms with E-state index >= 15 is 0 Å². The number of rotatable bonds is 6. The molecule has 0 saturated carbocycles.